The van der Waals surface area contributed by atoms with E-state index >= 15 is 0 Å². The van der Waals surface area contributed by atoms with Gasteiger partial charge in [0.2, 0.25) is 0 Å². The molecule has 10 nitrogen and oxygen atoms in total. The van der Waals surface area contributed by atoms with Crippen LogP contribution in [0.4, 0.5) is 0 Å². The number of ether oxygens (including phenoxy) is 4. The summed E-state index contributed by atoms with van der Waals surface area (Å²) in [6.45, 7) is 0. The van der Waals surface area contributed by atoms with Crippen LogP contribution in [0.1, 0.15) is 10.4 Å². The van der Waals surface area contributed by atoms with Gasteiger partial charge in [0.15, 0.2) is 12.0 Å². The monoisotopic (exact) mass is 332 g/mol. The lowest BCUT2D eigenvalue weighted by molar-refractivity contribution is 0.0599. The predicted molar refractivity (Wildman–Crippen MR) is 78.4 cm³/mol. The van der Waals surface area contributed by atoms with Gasteiger partial charge in [0.25, 0.3) is 0 Å². The number of hydrogen-bond acceptors (Lipinski definition) is 10. The van der Waals surface area contributed by atoms with Crippen molar-refractivity contribution < 1.29 is 28.2 Å². The van der Waals surface area contributed by atoms with Gasteiger partial charge in [0.1, 0.15) is 16.8 Å². The van der Waals surface area contributed by atoms with Crippen molar-refractivity contribution in [3.05, 3.63) is 24.1 Å². The molecule has 0 N–H and O–H groups in total. The van der Waals surface area contributed by atoms with E-state index in [1.54, 1.807) is 6.07 Å². The smallest absolute Gasteiger partial charge is 0.345 e. The zero-order chi connectivity index (χ0) is 17.1. The van der Waals surface area contributed by atoms with Crippen molar-refractivity contribution in [2.45, 2.75) is 0 Å². The molecule has 24 heavy (non-hydrogen) atoms. The minimum absolute atomic E-state index is 0.00258. The Morgan fingerprint density at radius 3 is 2.29 bits per heavy atom. The lowest BCUT2D eigenvalue weighted by Gasteiger charge is -2.09. The second-order valence-electron chi connectivity index (χ2n) is 4.32. The molecule has 124 valence electrons. The van der Waals surface area contributed by atoms with Crippen molar-refractivity contribution in [2.24, 2.45) is 0 Å². The highest BCUT2D eigenvalue weighted by Gasteiger charge is 2.22. The number of carbonyl (C=O) groups is 1. The van der Waals surface area contributed by atoms with Crippen molar-refractivity contribution in [3.63, 3.8) is 0 Å². The SMILES string of the molecule is COC(=O)c1c(Oc2nc(OC)nc(OC)n2)ccc2ncoc12. The normalized spacial score (nSPS) is 10.5. The molecule has 0 radical (unpaired) electrons. The van der Waals surface area contributed by atoms with Crippen molar-refractivity contribution in [1.29, 1.82) is 0 Å². The summed E-state index contributed by atoms with van der Waals surface area (Å²) in [6.07, 6.45) is 1.22. The Morgan fingerprint density at radius 1 is 1.00 bits per heavy atom. The van der Waals surface area contributed by atoms with E-state index in [1.807, 2.05) is 0 Å². The zero-order valence-electron chi connectivity index (χ0n) is 13.0. The lowest BCUT2D eigenvalue weighted by atomic mass is 10.1. The lowest BCUT2D eigenvalue weighted by Crippen LogP contribution is -2.06. The third kappa shape index (κ3) is 2.76. The van der Waals surface area contributed by atoms with E-state index in [4.69, 9.17) is 23.4 Å². The van der Waals surface area contributed by atoms with Crippen LogP contribution in [0.25, 0.3) is 11.1 Å². The van der Waals surface area contributed by atoms with Crippen LogP contribution in [-0.4, -0.2) is 47.2 Å². The highest BCUT2D eigenvalue weighted by molar-refractivity contribution is 6.03. The number of aromatic nitrogens is 4. The summed E-state index contributed by atoms with van der Waals surface area (Å²) >= 11 is 0. The van der Waals surface area contributed by atoms with Crippen LogP contribution < -0.4 is 14.2 Å². The van der Waals surface area contributed by atoms with Gasteiger partial charge in [-0.25, -0.2) is 9.78 Å². The molecule has 0 amide bonds. The van der Waals surface area contributed by atoms with Gasteiger partial charge in [-0.05, 0) is 12.1 Å². The maximum absolute atomic E-state index is 12.1. The average Bonchev–Trinajstić information content (AvgIpc) is 3.09. The van der Waals surface area contributed by atoms with Gasteiger partial charge >= 0.3 is 24.0 Å². The van der Waals surface area contributed by atoms with E-state index in [1.165, 1.54) is 33.8 Å². The van der Waals surface area contributed by atoms with Crippen LogP contribution >= 0.6 is 0 Å². The molecule has 0 saturated carbocycles. The predicted octanol–water partition coefficient (Wildman–Crippen LogP) is 1.61. The van der Waals surface area contributed by atoms with Crippen LogP contribution in [-0.2, 0) is 4.74 Å². The van der Waals surface area contributed by atoms with E-state index in [0.717, 1.165) is 0 Å². The largest absolute Gasteiger partial charge is 0.467 e. The molecule has 10 heteroatoms. The fourth-order valence-corrected chi connectivity index (χ4v) is 1.94. The number of methoxy groups -OCH3 is 3. The third-order valence-electron chi connectivity index (χ3n) is 2.99. The summed E-state index contributed by atoms with van der Waals surface area (Å²) < 4.78 is 25.5. The average molecular weight is 332 g/mol. The Kier molecular flexibility index (Phi) is 4.10. The molecule has 0 aliphatic heterocycles. The van der Waals surface area contributed by atoms with Gasteiger partial charge in [0.05, 0.1) is 21.3 Å². The number of rotatable bonds is 5. The molecule has 0 unspecified atom stereocenters. The molecule has 0 spiro atoms. The maximum Gasteiger partial charge on any atom is 0.345 e. The summed E-state index contributed by atoms with van der Waals surface area (Å²) in [6, 6.07) is 3.02. The molecule has 2 heterocycles. The van der Waals surface area contributed by atoms with Crippen molar-refractivity contribution in [2.75, 3.05) is 21.3 Å². The second kappa shape index (κ2) is 6.36. The molecule has 0 aliphatic carbocycles. The molecule has 2 aromatic heterocycles. The van der Waals surface area contributed by atoms with E-state index in [2.05, 4.69) is 19.9 Å². The standard InChI is InChI=1S/C14H12N4O6/c1-20-11(19)9-8(5-4-7-10(9)23-6-15-7)24-14-17-12(21-2)16-13(18-14)22-3/h4-6H,1-3H3. The quantitative estimate of drug-likeness (QED) is 0.637. The Bertz CT molecular complexity index is 872. The maximum atomic E-state index is 12.1. The van der Waals surface area contributed by atoms with Gasteiger partial charge < -0.3 is 23.4 Å². The second-order valence-corrected chi connectivity index (χ2v) is 4.32. The van der Waals surface area contributed by atoms with E-state index in [-0.39, 0.29) is 34.9 Å². The fourth-order valence-electron chi connectivity index (χ4n) is 1.94. The van der Waals surface area contributed by atoms with Crippen LogP contribution in [0.15, 0.2) is 22.9 Å². The van der Waals surface area contributed by atoms with Gasteiger partial charge in [-0.3, -0.25) is 0 Å². The Labute approximate surface area is 135 Å². The van der Waals surface area contributed by atoms with E-state index in [0.29, 0.717) is 5.52 Å². The Hall–Kier alpha value is -3.43. The van der Waals surface area contributed by atoms with Crippen LogP contribution in [0.5, 0.6) is 23.8 Å². The summed E-state index contributed by atoms with van der Waals surface area (Å²) in [5.74, 6) is -0.526. The molecule has 0 saturated heterocycles. The first-order valence-corrected chi connectivity index (χ1v) is 6.62. The van der Waals surface area contributed by atoms with Gasteiger partial charge in [-0.2, -0.15) is 0 Å². The number of esters is 1. The van der Waals surface area contributed by atoms with Gasteiger partial charge in [0, 0.05) is 0 Å². The van der Waals surface area contributed by atoms with Gasteiger partial charge in [-0.1, -0.05) is 0 Å². The number of fused-ring (bicyclic) bond motifs is 1. The summed E-state index contributed by atoms with van der Waals surface area (Å²) in [7, 11) is 4.02. The summed E-state index contributed by atoms with van der Waals surface area (Å²) in [5.41, 5.74) is 0.770. The highest BCUT2D eigenvalue weighted by Crippen LogP contribution is 2.31. The Morgan fingerprint density at radius 2 is 1.67 bits per heavy atom. The summed E-state index contributed by atoms with van der Waals surface area (Å²) in [4.78, 5) is 27.8. The molecule has 1 aromatic carbocycles. The minimum Gasteiger partial charge on any atom is -0.467 e. The number of oxazole rings is 1. The number of carbonyl (C=O) groups excluding carboxylic acids is 1. The van der Waals surface area contributed by atoms with Crippen LogP contribution in [0.2, 0.25) is 0 Å². The first-order valence-electron chi connectivity index (χ1n) is 6.62. The van der Waals surface area contributed by atoms with Crippen molar-refractivity contribution >= 4 is 17.1 Å². The highest BCUT2D eigenvalue weighted by atomic mass is 16.5. The first kappa shape index (κ1) is 15.5. The van der Waals surface area contributed by atoms with E-state index < -0.39 is 5.97 Å². The van der Waals surface area contributed by atoms with Crippen LogP contribution in [0, 0.1) is 0 Å². The molecule has 3 rings (SSSR count). The van der Waals surface area contributed by atoms with Gasteiger partial charge in [-0.15, -0.1) is 15.0 Å². The number of hydrogen-bond donors (Lipinski definition) is 0. The molecule has 0 bridgehead atoms. The molecule has 0 aliphatic rings. The molecular formula is C14H12N4O6. The molecule has 0 fully saturated rings. The number of benzene rings is 1. The van der Waals surface area contributed by atoms with Crippen molar-refractivity contribution in [1.82, 2.24) is 19.9 Å². The minimum atomic E-state index is -0.652. The zero-order valence-corrected chi connectivity index (χ0v) is 13.0. The topological polar surface area (TPSA) is 119 Å². The third-order valence-corrected chi connectivity index (χ3v) is 2.99. The summed E-state index contributed by atoms with van der Waals surface area (Å²) in [5, 5.41) is 0. The molecule has 0 atom stereocenters. The van der Waals surface area contributed by atoms with E-state index in [9.17, 15) is 4.79 Å². The molecule has 3 aromatic rings. The van der Waals surface area contributed by atoms with Crippen molar-refractivity contribution in [3.8, 4) is 23.8 Å². The number of nitrogens with zero attached hydrogens (tertiary/aromatic N) is 4. The Balaban J connectivity index is 2.08. The first-order chi connectivity index (χ1) is 11.7. The fraction of sp³-hybridized carbons (Fsp3) is 0.214. The molecular weight excluding hydrogens is 320 g/mol. The van der Waals surface area contributed by atoms with Crippen LogP contribution in [0.3, 0.4) is 0 Å².